The predicted octanol–water partition coefficient (Wildman–Crippen LogP) is 4.32. The molecule has 3 rings (SSSR count). The van der Waals surface area contributed by atoms with Gasteiger partial charge in [-0.2, -0.15) is 0 Å². The lowest BCUT2D eigenvalue weighted by atomic mass is 10.1. The Morgan fingerprint density at radius 3 is 2.42 bits per heavy atom. The summed E-state index contributed by atoms with van der Waals surface area (Å²) in [4.78, 5) is 15.0. The summed E-state index contributed by atoms with van der Waals surface area (Å²) < 4.78 is 5.90. The van der Waals surface area contributed by atoms with E-state index in [1.165, 1.54) is 19.3 Å². The van der Waals surface area contributed by atoms with E-state index in [9.17, 15) is 4.79 Å². The monoisotopic (exact) mass is 323 g/mol. The third kappa shape index (κ3) is 4.68. The first-order valence-electron chi connectivity index (χ1n) is 8.84. The van der Waals surface area contributed by atoms with Crippen molar-refractivity contribution >= 4 is 5.78 Å². The Labute approximate surface area is 144 Å². The van der Waals surface area contributed by atoms with E-state index in [-0.39, 0.29) is 5.78 Å². The van der Waals surface area contributed by atoms with Crippen LogP contribution in [0.4, 0.5) is 0 Å². The van der Waals surface area contributed by atoms with E-state index >= 15 is 0 Å². The van der Waals surface area contributed by atoms with Crippen LogP contribution in [0.15, 0.2) is 54.6 Å². The normalized spacial score (nSPS) is 15.2. The van der Waals surface area contributed by atoms with E-state index in [4.69, 9.17) is 4.74 Å². The van der Waals surface area contributed by atoms with Crippen molar-refractivity contribution in [2.45, 2.75) is 32.3 Å². The molecular weight excluding hydrogens is 298 g/mol. The zero-order chi connectivity index (χ0) is 16.6. The summed E-state index contributed by atoms with van der Waals surface area (Å²) >= 11 is 0. The van der Waals surface area contributed by atoms with Gasteiger partial charge in [-0.15, -0.1) is 0 Å². The average molecular weight is 323 g/mol. The molecule has 0 radical (unpaired) electrons. The Morgan fingerprint density at radius 2 is 1.62 bits per heavy atom. The van der Waals surface area contributed by atoms with Crippen molar-refractivity contribution in [3.63, 3.8) is 0 Å². The molecule has 0 spiro atoms. The highest BCUT2D eigenvalue weighted by Crippen LogP contribution is 2.21. The molecule has 0 aliphatic carbocycles. The summed E-state index contributed by atoms with van der Waals surface area (Å²) in [5, 5.41) is 0. The zero-order valence-corrected chi connectivity index (χ0v) is 14.1. The van der Waals surface area contributed by atoms with Crippen LogP contribution in [0.3, 0.4) is 0 Å². The molecule has 126 valence electrons. The molecule has 1 fully saturated rings. The van der Waals surface area contributed by atoms with Gasteiger partial charge in [-0.3, -0.25) is 4.79 Å². The van der Waals surface area contributed by atoms with E-state index in [1.54, 1.807) is 0 Å². The van der Waals surface area contributed by atoms with Crippen LogP contribution in [0.5, 0.6) is 5.75 Å². The maximum absolute atomic E-state index is 12.6. The Morgan fingerprint density at radius 1 is 0.917 bits per heavy atom. The second-order valence-corrected chi connectivity index (χ2v) is 6.35. The van der Waals surface area contributed by atoms with Gasteiger partial charge >= 0.3 is 0 Å². The fourth-order valence-corrected chi connectivity index (χ4v) is 3.14. The third-order valence-corrected chi connectivity index (χ3v) is 4.53. The topological polar surface area (TPSA) is 29.5 Å². The molecule has 0 saturated carbocycles. The molecule has 1 saturated heterocycles. The Hall–Kier alpha value is -2.13. The van der Waals surface area contributed by atoms with Gasteiger partial charge in [0.05, 0.1) is 5.56 Å². The van der Waals surface area contributed by atoms with Gasteiger partial charge in [0.25, 0.3) is 0 Å². The van der Waals surface area contributed by atoms with Crippen LogP contribution < -0.4 is 4.74 Å². The van der Waals surface area contributed by atoms with Gasteiger partial charge in [-0.25, -0.2) is 0 Å². The second-order valence-electron chi connectivity index (χ2n) is 6.35. The second kappa shape index (κ2) is 8.65. The summed E-state index contributed by atoms with van der Waals surface area (Å²) in [6.45, 7) is 3.59. The van der Waals surface area contributed by atoms with E-state index in [2.05, 4.69) is 4.90 Å². The minimum absolute atomic E-state index is 0.171. The summed E-state index contributed by atoms with van der Waals surface area (Å²) in [5.41, 5.74) is 1.80. The van der Waals surface area contributed by atoms with Crippen LogP contribution in [0.2, 0.25) is 0 Å². The van der Waals surface area contributed by atoms with Gasteiger partial charge in [-0.05, 0) is 43.6 Å². The Kier molecular flexibility index (Phi) is 6.02. The molecule has 1 aliphatic heterocycles. The largest absolute Gasteiger partial charge is 0.488 e. The Bertz CT molecular complexity index is 648. The first kappa shape index (κ1) is 16.7. The van der Waals surface area contributed by atoms with Crippen LogP contribution in [0.25, 0.3) is 0 Å². The predicted molar refractivity (Wildman–Crippen MR) is 96.5 cm³/mol. The SMILES string of the molecule is O=C(CCN1CCCCC1)c1ccccc1OCc1ccccc1. The highest BCUT2D eigenvalue weighted by Gasteiger charge is 2.15. The van der Waals surface area contributed by atoms with Gasteiger partial charge in [0.15, 0.2) is 5.78 Å². The highest BCUT2D eigenvalue weighted by atomic mass is 16.5. The van der Waals surface area contributed by atoms with E-state index in [1.807, 2.05) is 54.6 Å². The lowest BCUT2D eigenvalue weighted by Gasteiger charge is -2.26. The van der Waals surface area contributed by atoms with Crippen molar-refractivity contribution in [2.75, 3.05) is 19.6 Å². The van der Waals surface area contributed by atoms with Gasteiger partial charge < -0.3 is 9.64 Å². The summed E-state index contributed by atoms with van der Waals surface area (Å²) in [6.07, 6.45) is 4.39. The van der Waals surface area contributed by atoms with Crippen molar-refractivity contribution in [3.8, 4) is 5.75 Å². The fourth-order valence-electron chi connectivity index (χ4n) is 3.14. The van der Waals surface area contributed by atoms with E-state index < -0.39 is 0 Å². The molecule has 0 bridgehead atoms. The summed E-state index contributed by atoms with van der Waals surface area (Å²) in [6, 6.07) is 17.6. The molecule has 0 atom stereocenters. The first-order valence-corrected chi connectivity index (χ1v) is 8.84. The zero-order valence-electron chi connectivity index (χ0n) is 14.1. The molecule has 24 heavy (non-hydrogen) atoms. The number of nitrogens with zero attached hydrogens (tertiary/aromatic N) is 1. The molecule has 0 unspecified atom stereocenters. The van der Waals surface area contributed by atoms with Crippen LogP contribution in [0.1, 0.15) is 41.6 Å². The summed E-state index contributed by atoms with van der Waals surface area (Å²) in [7, 11) is 0. The van der Waals surface area contributed by atoms with Crippen molar-refractivity contribution in [1.82, 2.24) is 4.90 Å². The van der Waals surface area contributed by atoms with E-state index in [0.29, 0.717) is 24.3 Å². The number of benzene rings is 2. The molecule has 3 heteroatoms. The molecule has 0 amide bonds. The number of carbonyl (C=O) groups is 1. The number of ketones is 1. The number of Topliss-reactive ketones (excluding diaryl/α,β-unsaturated/α-hetero) is 1. The molecule has 0 N–H and O–H groups in total. The third-order valence-electron chi connectivity index (χ3n) is 4.53. The standard InChI is InChI=1S/C21H25NO2/c23-20(13-16-22-14-7-2-8-15-22)19-11-5-6-12-21(19)24-17-18-9-3-1-4-10-18/h1,3-6,9-12H,2,7-8,13-17H2. The Balaban J connectivity index is 1.59. The van der Waals surface area contributed by atoms with Crippen LogP contribution >= 0.6 is 0 Å². The molecule has 2 aromatic carbocycles. The fraction of sp³-hybridized carbons (Fsp3) is 0.381. The summed E-state index contributed by atoms with van der Waals surface area (Å²) in [5.74, 6) is 0.856. The van der Waals surface area contributed by atoms with Gasteiger partial charge in [0.2, 0.25) is 0 Å². The number of carbonyl (C=O) groups excluding carboxylic acids is 1. The number of likely N-dealkylation sites (tertiary alicyclic amines) is 1. The quantitative estimate of drug-likeness (QED) is 0.711. The molecule has 3 nitrogen and oxygen atoms in total. The lowest BCUT2D eigenvalue weighted by molar-refractivity contribution is 0.0954. The van der Waals surface area contributed by atoms with E-state index in [0.717, 1.165) is 25.2 Å². The van der Waals surface area contributed by atoms with Crippen molar-refractivity contribution in [1.29, 1.82) is 0 Å². The minimum atomic E-state index is 0.171. The van der Waals surface area contributed by atoms with Gasteiger partial charge in [0, 0.05) is 13.0 Å². The molecule has 0 aromatic heterocycles. The smallest absolute Gasteiger partial charge is 0.167 e. The lowest BCUT2D eigenvalue weighted by Crippen LogP contribution is -2.31. The minimum Gasteiger partial charge on any atom is -0.488 e. The highest BCUT2D eigenvalue weighted by molar-refractivity contribution is 5.98. The van der Waals surface area contributed by atoms with Crippen LogP contribution in [0, 0.1) is 0 Å². The van der Waals surface area contributed by atoms with Crippen molar-refractivity contribution in [3.05, 3.63) is 65.7 Å². The maximum atomic E-state index is 12.6. The average Bonchev–Trinajstić information content (AvgIpc) is 2.66. The molecular formula is C21H25NO2. The van der Waals surface area contributed by atoms with Gasteiger partial charge in [-0.1, -0.05) is 48.9 Å². The number of ether oxygens (including phenoxy) is 1. The number of piperidine rings is 1. The number of para-hydroxylation sites is 1. The molecule has 1 heterocycles. The van der Waals surface area contributed by atoms with Crippen LogP contribution in [-0.2, 0) is 6.61 Å². The van der Waals surface area contributed by atoms with Crippen molar-refractivity contribution < 1.29 is 9.53 Å². The van der Waals surface area contributed by atoms with Gasteiger partial charge in [0.1, 0.15) is 12.4 Å². The first-order chi connectivity index (χ1) is 11.8. The van der Waals surface area contributed by atoms with Crippen molar-refractivity contribution in [2.24, 2.45) is 0 Å². The molecule has 1 aliphatic rings. The number of hydrogen-bond acceptors (Lipinski definition) is 3. The van der Waals surface area contributed by atoms with Crippen LogP contribution in [-0.4, -0.2) is 30.3 Å². The maximum Gasteiger partial charge on any atom is 0.167 e. The molecule has 2 aromatic rings. The number of rotatable bonds is 7. The number of hydrogen-bond donors (Lipinski definition) is 0.